The van der Waals surface area contributed by atoms with E-state index < -0.39 is 30.6 Å². The van der Waals surface area contributed by atoms with Crippen LogP contribution in [-0.2, 0) is 23.2 Å². The molecule has 0 aromatic rings. The van der Waals surface area contributed by atoms with Gasteiger partial charge in [0.25, 0.3) is 0 Å². The fraction of sp³-hybridized carbons (Fsp3) is 0.429. The van der Waals surface area contributed by atoms with E-state index in [2.05, 4.69) is 43.5 Å². The molecule has 0 aromatic carbocycles. The average Bonchev–Trinajstić information content (AvgIpc) is 2.86. The van der Waals surface area contributed by atoms with E-state index in [1.165, 1.54) is 25.3 Å². The van der Waals surface area contributed by atoms with Crippen LogP contribution in [0.25, 0.3) is 0 Å². The number of hydrogen-bond acceptors (Lipinski definition) is 0. The first-order valence-electron chi connectivity index (χ1n) is 6.25. The normalized spacial score (nSPS) is 16.9. The summed E-state index contributed by atoms with van der Waals surface area (Å²) < 4.78 is 3.52. The smallest absolute Gasteiger partial charge is 1.00 e. The van der Waals surface area contributed by atoms with Crippen molar-refractivity contribution in [3.05, 3.63) is 42.5 Å². The first-order valence-corrected chi connectivity index (χ1v) is 12.9. The summed E-state index contributed by atoms with van der Waals surface area (Å²) in [5.41, 5.74) is 1.63. The Morgan fingerprint density at radius 2 is 1.95 bits per heavy atom. The molecule has 104 valence electrons. The zero-order chi connectivity index (χ0) is 12.3. The van der Waals surface area contributed by atoms with Crippen molar-refractivity contribution < 1.29 is 48.0 Å². The topological polar surface area (TPSA) is 0 Å². The molecule has 0 fully saturated rings. The Hall–Kier alpha value is 0.930. The van der Waals surface area contributed by atoms with Gasteiger partial charge < -0.3 is 24.8 Å². The quantitative estimate of drug-likeness (QED) is 0.400. The summed E-state index contributed by atoms with van der Waals surface area (Å²) in [7, 11) is -1.40. The van der Waals surface area contributed by atoms with Crippen LogP contribution >= 0.6 is 11.1 Å². The number of halogens is 3. The molecular weight excluding hydrogens is 394 g/mol. The molecule has 0 nitrogen and oxygen atoms in total. The van der Waals surface area contributed by atoms with Gasteiger partial charge in [0.05, 0.1) is 0 Å². The second-order valence-corrected chi connectivity index (χ2v) is 16.0. The van der Waals surface area contributed by atoms with E-state index in [9.17, 15) is 0 Å². The number of rotatable bonds is 5. The summed E-state index contributed by atoms with van der Waals surface area (Å²) in [6, 6.07) is 1.22. The van der Waals surface area contributed by atoms with Gasteiger partial charge in [0, 0.05) is 0 Å². The van der Waals surface area contributed by atoms with Gasteiger partial charge in [-0.15, -0.1) is 0 Å². The Bertz CT molecular complexity index is 417. The second kappa shape index (κ2) is 9.05. The summed E-state index contributed by atoms with van der Waals surface area (Å²) >= 11 is 5.96. The monoisotopic (exact) mass is 410 g/mol. The molecule has 0 aromatic heterocycles. The SMILES string of the molecule is C[Si](C)(Cl)CCC1=[C]([Zr+2][C]2=CC=CC2)CC=C1.[Cl-].[Cl-]. The molecule has 2 rings (SSSR count). The minimum Gasteiger partial charge on any atom is -1.00 e. The van der Waals surface area contributed by atoms with E-state index in [1.54, 1.807) is 12.1 Å². The zero-order valence-electron chi connectivity index (χ0n) is 11.3. The minimum atomic E-state index is -1.40. The Kier molecular flexibility index (Phi) is 9.49. The van der Waals surface area contributed by atoms with E-state index in [-0.39, 0.29) is 24.8 Å². The third-order valence-electron chi connectivity index (χ3n) is 3.10. The van der Waals surface area contributed by atoms with Crippen molar-refractivity contribution in [2.24, 2.45) is 0 Å². The molecule has 0 unspecified atom stereocenters. The van der Waals surface area contributed by atoms with Gasteiger partial charge in [0.15, 0.2) is 0 Å². The van der Waals surface area contributed by atoms with Crippen molar-refractivity contribution in [2.45, 2.75) is 38.4 Å². The van der Waals surface area contributed by atoms with E-state index in [0.717, 1.165) is 0 Å². The van der Waals surface area contributed by atoms with E-state index >= 15 is 0 Å². The second-order valence-electron chi connectivity index (χ2n) is 5.28. The molecule has 0 heterocycles. The predicted molar refractivity (Wildman–Crippen MR) is 75.4 cm³/mol. The van der Waals surface area contributed by atoms with Crippen molar-refractivity contribution in [3.8, 4) is 0 Å². The first-order chi connectivity index (χ1) is 8.04. The molecule has 0 saturated heterocycles. The molecule has 5 heteroatoms. The zero-order valence-corrected chi connectivity index (χ0v) is 17.1. The summed E-state index contributed by atoms with van der Waals surface area (Å²) in [6.45, 7) is 4.49. The fourth-order valence-corrected chi connectivity index (χ4v) is 6.61. The van der Waals surface area contributed by atoms with Crippen LogP contribution in [-0.4, -0.2) is 7.38 Å². The standard InChI is InChI=1S/C9H14ClSi.C5H5.2ClH.Zr/c1-11(2,10)8-7-9-5-3-4-6-9;1-2-4-5-3-1;;;/h3,5H,4,7-8H2,1-2H3;1-3H,4H2;2*1H;/q;;;;+2/p-2. The van der Waals surface area contributed by atoms with Crippen molar-refractivity contribution >= 4 is 18.5 Å². The van der Waals surface area contributed by atoms with E-state index in [4.69, 9.17) is 11.1 Å². The van der Waals surface area contributed by atoms with E-state index in [1.807, 2.05) is 0 Å². The predicted octanol–water partition coefficient (Wildman–Crippen LogP) is -1.03. The molecule has 0 radical (unpaired) electrons. The Labute approximate surface area is 146 Å². The van der Waals surface area contributed by atoms with Crippen LogP contribution in [0.15, 0.2) is 42.5 Å². The molecule has 0 bridgehead atoms. The van der Waals surface area contributed by atoms with Crippen LogP contribution in [0.1, 0.15) is 19.3 Å². The summed E-state index contributed by atoms with van der Waals surface area (Å²) in [5, 5.41) is 0. The van der Waals surface area contributed by atoms with Crippen LogP contribution < -0.4 is 24.8 Å². The largest absolute Gasteiger partial charge is 1.00 e. The van der Waals surface area contributed by atoms with Crippen LogP contribution in [0.5, 0.6) is 0 Å². The van der Waals surface area contributed by atoms with Crippen LogP contribution in [0.2, 0.25) is 19.1 Å². The van der Waals surface area contributed by atoms with Crippen molar-refractivity contribution in [1.82, 2.24) is 0 Å². The fourth-order valence-electron chi connectivity index (χ4n) is 2.08. The molecular formula is C14H19Cl3SiZr. The van der Waals surface area contributed by atoms with Gasteiger partial charge in [-0.1, -0.05) is 0 Å². The average molecular weight is 413 g/mol. The van der Waals surface area contributed by atoms with Gasteiger partial charge in [-0.25, -0.2) is 0 Å². The van der Waals surface area contributed by atoms with Crippen molar-refractivity contribution in [3.63, 3.8) is 0 Å². The van der Waals surface area contributed by atoms with Gasteiger partial charge in [-0.3, -0.25) is 0 Å². The molecule has 0 saturated carbocycles. The number of hydrogen-bond donors (Lipinski definition) is 0. The molecule has 2 aliphatic rings. The third-order valence-corrected chi connectivity index (χ3v) is 8.84. The summed E-state index contributed by atoms with van der Waals surface area (Å²) in [4.78, 5) is 0. The van der Waals surface area contributed by atoms with Crippen molar-refractivity contribution in [1.29, 1.82) is 0 Å². The third kappa shape index (κ3) is 6.96. The van der Waals surface area contributed by atoms with Gasteiger partial charge in [-0.2, -0.15) is 0 Å². The number of allylic oxidation sites excluding steroid dienone is 8. The van der Waals surface area contributed by atoms with Crippen LogP contribution in [0.3, 0.4) is 0 Å². The minimum absolute atomic E-state index is 0. The Morgan fingerprint density at radius 1 is 1.21 bits per heavy atom. The summed E-state index contributed by atoms with van der Waals surface area (Å²) in [6.07, 6.45) is 15.2. The first kappa shape index (κ1) is 19.9. The Balaban J connectivity index is 0.00000162. The maximum Gasteiger partial charge on any atom is -1.00 e. The maximum absolute atomic E-state index is 6.41. The van der Waals surface area contributed by atoms with Crippen LogP contribution in [0, 0.1) is 0 Å². The molecule has 19 heavy (non-hydrogen) atoms. The Morgan fingerprint density at radius 3 is 2.53 bits per heavy atom. The molecule has 0 N–H and O–H groups in total. The van der Waals surface area contributed by atoms with Gasteiger partial charge in [0.1, 0.15) is 0 Å². The molecule has 0 amide bonds. The summed E-state index contributed by atoms with van der Waals surface area (Å²) in [5.74, 6) is 0. The van der Waals surface area contributed by atoms with Gasteiger partial charge in [-0.05, 0) is 0 Å². The van der Waals surface area contributed by atoms with E-state index in [0.29, 0.717) is 0 Å². The molecule has 0 spiro atoms. The maximum atomic E-state index is 6.41. The molecule has 2 aliphatic carbocycles. The van der Waals surface area contributed by atoms with Crippen LogP contribution in [0.4, 0.5) is 0 Å². The van der Waals surface area contributed by atoms with Crippen molar-refractivity contribution in [2.75, 3.05) is 0 Å². The van der Waals surface area contributed by atoms with Gasteiger partial charge in [0.2, 0.25) is 0 Å². The molecule has 0 aliphatic heterocycles. The molecule has 0 atom stereocenters. The van der Waals surface area contributed by atoms with Gasteiger partial charge >= 0.3 is 123 Å².